The van der Waals surface area contributed by atoms with Crippen LogP contribution in [0.3, 0.4) is 0 Å². The molecule has 0 unspecified atom stereocenters. The van der Waals surface area contributed by atoms with Crippen molar-refractivity contribution >= 4 is 28.9 Å². The highest BCUT2D eigenvalue weighted by atomic mass is 32.1. The SMILES string of the molecule is CCCCC1CCC(C(=O)Nc2cscc2C(=O)O)CC1. The number of carbonyl (C=O) groups excluding carboxylic acids is 1. The zero-order valence-electron chi connectivity index (χ0n) is 12.4. The van der Waals surface area contributed by atoms with Gasteiger partial charge in [0.1, 0.15) is 0 Å². The average molecular weight is 309 g/mol. The number of aromatic carboxylic acids is 1. The molecule has 2 N–H and O–H groups in total. The molecule has 0 aliphatic heterocycles. The molecule has 0 atom stereocenters. The van der Waals surface area contributed by atoms with E-state index in [0.29, 0.717) is 5.69 Å². The summed E-state index contributed by atoms with van der Waals surface area (Å²) in [6.07, 6.45) is 7.87. The van der Waals surface area contributed by atoms with Crippen LogP contribution in [-0.2, 0) is 4.79 Å². The van der Waals surface area contributed by atoms with Crippen LogP contribution in [0.4, 0.5) is 5.69 Å². The monoisotopic (exact) mass is 309 g/mol. The summed E-state index contributed by atoms with van der Waals surface area (Å²) in [4.78, 5) is 23.3. The van der Waals surface area contributed by atoms with E-state index in [1.54, 1.807) is 10.8 Å². The molecule has 1 aliphatic rings. The molecular weight excluding hydrogens is 286 g/mol. The van der Waals surface area contributed by atoms with Crippen LogP contribution in [0.2, 0.25) is 0 Å². The van der Waals surface area contributed by atoms with Gasteiger partial charge in [-0.2, -0.15) is 0 Å². The zero-order valence-corrected chi connectivity index (χ0v) is 13.2. The third-order valence-corrected chi connectivity index (χ3v) is 5.08. The molecule has 1 saturated carbocycles. The molecule has 1 aromatic rings. The summed E-state index contributed by atoms with van der Waals surface area (Å²) in [6.45, 7) is 2.21. The highest BCUT2D eigenvalue weighted by Crippen LogP contribution is 2.33. The van der Waals surface area contributed by atoms with Gasteiger partial charge in [-0.3, -0.25) is 4.79 Å². The molecule has 1 aromatic heterocycles. The van der Waals surface area contributed by atoms with E-state index >= 15 is 0 Å². The van der Waals surface area contributed by atoms with E-state index in [1.807, 2.05) is 0 Å². The molecule has 1 amide bonds. The van der Waals surface area contributed by atoms with Crippen LogP contribution in [0, 0.1) is 11.8 Å². The van der Waals surface area contributed by atoms with Crippen molar-refractivity contribution in [2.75, 3.05) is 5.32 Å². The summed E-state index contributed by atoms with van der Waals surface area (Å²) < 4.78 is 0. The van der Waals surface area contributed by atoms with Crippen LogP contribution in [0.25, 0.3) is 0 Å². The number of unbranched alkanes of at least 4 members (excludes halogenated alkanes) is 1. The number of hydrogen-bond acceptors (Lipinski definition) is 3. The number of amides is 1. The van der Waals surface area contributed by atoms with Gasteiger partial charge >= 0.3 is 5.97 Å². The van der Waals surface area contributed by atoms with E-state index in [-0.39, 0.29) is 17.4 Å². The standard InChI is InChI=1S/C16H23NO3S/c1-2-3-4-11-5-7-12(8-6-11)15(18)17-14-10-21-9-13(14)16(19)20/h9-12H,2-8H2,1H3,(H,17,18)(H,19,20). The van der Waals surface area contributed by atoms with Crippen molar-refractivity contribution in [1.82, 2.24) is 0 Å². The van der Waals surface area contributed by atoms with Gasteiger partial charge in [-0.15, -0.1) is 11.3 Å². The molecule has 0 saturated heterocycles. The van der Waals surface area contributed by atoms with Crippen LogP contribution in [0.5, 0.6) is 0 Å². The fourth-order valence-electron chi connectivity index (χ4n) is 3.00. The number of anilines is 1. The van der Waals surface area contributed by atoms with Crippen molar-refractivity contribution in [3.8, 4) is 0 Å². The normalized spacial score (nSPS) is 22.0. The first kappa shape index (κ1) is 16.0. The van der Waals surface area contributed by atoms with Gasteiger partial charge in [0, 0.05) is 16.7 Å². The number of carboxylic acids is 1. The van der Waals surface area contributed by atoms with Crippen molar-refractivity contribution in [2.24, 2.45) is 11.8 Å². The molecule has 4 nitrogen and oxygen atoms in total. The second-order valence-electron chi connectivity index (χ2n) is 5.85. The number of thiophene rings is 1. The second kappa shape index (κ2) is 7.59. The number of carbonyl (C=O) groups is 2. The third-order valence-electron chi connectivity index (χ3n) is 4.33. The van der Waals surface area contributed by atoms with Crippen LogP contribution in [0.15, 0.2) is 10.8 Å². The number of hydrogen-bond donors (Lipinski definition) is 2. The summed E-state index contributed by atoms with van der Waals surface area (Å²) >= 11 is 1.30. The largest absolute Gasteiger partial charge is 0.478 e. The van der Waals surface area contributed by atoms with Gasteiger partial charge in [-0.1, -0.05) is 26.2 Å². The quantitative estimate of drug-likeness (QED) is 0.819. The van der Waals surface area contributed by atoms with Gasteiger partial charge in [0.25, 0.3) is 0 Å². The smallest absolute Gasteiger partial charge is 0.338 e. The lowest BCUT2D eigenvalue weighted by Gasteiger charge is -2.27. The van der Waals surface area contributed by atoms with Crippen LogP contribution in [0.1, 0.15) is 62.2 Å². The molecule has 0 radical (unpaired) electrons. The first-order valence-corrected chi connectivity index (χ1v) is 8.66. The van der Waals surface area contributed by atoms with Gasteiger partial charge in [0.15, 0.2) is 0 Å². The third kappa shape index (κ3) is 4.30. The molecule has 0 aromatic carbocycles. The Kier molecular flexibility index (Phi) is 5.79. The van der Waals surface area contributed by atoms with Crippen molar-refractivity contribution in [3.63, 3.8) is 0 Å². The van der Waals surface area contributed by atoms with Crippen molar-refractivity contribution < 1.29 is 14.7 Å². The number of rotatable bonds is 6. The van der Waals surface area contributed by atoms with Gasteiger partial charge in [-0.05, 0) is 31.6 Å². The van der Waals surface area contributed by atoms with Crippen LogP contribution < -0.4 is 5.32 Å². The molecule has 21 heavy (non-hydrogen) atoms. The lowest BCUT2D eigenvalue weighted by molar-refractivity contribution is -0.121. The van der Waals surface area contributed by atoms with E-state index in [1.165, 1.54) is 30.6 Å². The highest BCUT2D eigenvalue weighted by molar-refractivity contribution is 7.08. The lowest BCUT2D eigenvalue weighted by Crippen LogP contribution is -2.27. The maximum absolute atomic E-state index is 12.3. The van der Waals surface area contributed by atoms with E-state index in [2.05, 4.69) is 12.2 Å². The molecule has 1 heterocycles. The topological polar surface area (TPSA) is 66.4 Å². The van der Waals surface area contributed by atoms with Crippen LogP contribution in [-0.4, -0.2) is 17.0 Å². The minimum Gasteiger partial charge on any atom is -0.478 e. The Morgan fingerprint density at radius 2 is 2.00 bits per heavy atom. The molecule has 1 aliphatic carbocycles. The summed E-state index contributed by atoms with van der Waals surface area (Å²) in [6, 6.07) is 0. The maximum Gasteiger partial charge on any atom is 0.338 e. The van der Waals surface area contributed by atoms with Gasteiger partial charge in [0.2, 0.25) is 5.91 Å². The minimum atomic E-state index is -0.991. The van der Waals surface area contributed by atoms with Crippen LogP contribution >= 0.6 is 11.3 Å². The Labute approximate surface area is 129 Å². The Balaban J connectivity index is 1.85. The number of nitrogens with one attached hydrogen (secondary N) is 1. The summed E-state index contributed by atoms with van der Waals surface area (Å²) in [7, 11) is 0. The lowest BCUT2D eigenvalue weighted by atomic mass is 9.79. The first-order valence-electron chi connectivity index (χ1n) is 7.72. The predicted octanol–water partition coefficient (Wildman–Crippen LogP) is 4.38. The van der Waals surface area contributed by atoms with Crippen molar-refractivity contribution in [2.45, 2.75) is 51.9 Å². The van der Waals surface area contributed by atoms with Gasteiger partial charge < -0.3 is 10.4 Å². The Morgan fingerprint density at radius 3 is 2.62 bits per heavy atom. The van der Waals surface area contributed by atoms with E-state index < -0.39 is 5.97 Å². The Hall–Kier alpha value is -1.36. The maximum atomic E-state index is 12.3. The molecule has 2 rings (SSSR count). The predicted molar refractivity (Wildman–Crippen MR) is 84.9 cm³/mol. The molecule has 0 bridgehead atoms. The molecule has 0 spiro atoms. The molecular formula is C16H23NO3S. The molecule has 5 heteroatoms. The summed E-state index contributed by atoms with van der Waals surface area (Å²) in [5.74, 6) is -0.214. The van der Waals surface area contributed by atoms with Gasteiger partial charge in [0.05, 0.1) is 11.3 Å². The second-order valence-corrected chi connectivity index (χ2v) is 6.60. The Morgan fingerprint density at radius 1 is 1.29 bits per heavy atom. The average Bonchev–Trinajstić information content (AvgIpc) is 2.94. The van der Waals surface area contributed by atoms with E-state index in [0.717, 1.165) is 31.6 Å². The minimum absolute atomic E-state index is 0.0233. The van der Waals surface area contributed by atoms with Crippen molar-refractivity contribution in [1.29, 1.82) is 0 Å². The highest BCUT2D eigenvalue weighted by Gasteiger charge is 2.26. The van der Waals surface area contributed by atoms with Gasteiger partial charge in [-0.25, -0.2) is 4.79 Å². The molecule has 1 fully saturated rings. The zero-order chi connectivity index (χ0) is 15.2. The Bertz CT molecular complexity index is 489. The summed E-state index contributed by atoms with van der Waals surface area (Å²) in [5.41, 5.74) is 0.621. The first-order chi connectivity index (χ1) is 10.1. The van der Waals surface area contributed by atoms with Crippen molar-refractivity contribution in [3.05, 3.63) is 16.3 Å². The van der Waals surface area contributed by atoms with E-state index in [9.17, 15) is 9.59 Å². The van der Waals surface area contributed by atoms with E-state index in [4.69, 9.17) is 5.11 Å². The fraction of sp³-hybridized carbons (Fsp3) is 0.625. The number of carboxylic acid groups (broad SMARTS) is 1. The summed E-state index contributed by atoms with van der Waals surface area (Å²) in [5, 5.41) is 15.1. The fourth-order valence-corrected chi connectivity index (χ4v) is 3.75. The molecule has 116 valence electrons.